The lowest BCUT2D eigenvalue weighted by atomic mass is 9.85. The van der Waals surface area contributed by atoms with Crippen molar-refractivity contribution in [1.82, 2.24) is 5.32 Å². The minimum atomic E-state index is -1.89. The first kappa shape index (κ1) is 51.7. The Morgan fingerprint density at radius 1 is 0.533 bits per heavy atom. The molecule has 4 rings (SSSR count). The third kappa shape index (κ3) is 13.8. The molecule has 19 unspecified atom stereocenters. The van der Waals surface area contributed by atoms with Crippen LogP contribution in [0.5, 0.6) is 0 Å². The Kier molecular flexibility index (Phi) is 22.5. The van der Waals surface area contributed by atoms with Gasteiger partial charge in [0.05, 0.1) is 31.4 Å². The van der Waals surface area contributed by atoms with Crippen LogP contribution < -0.4 is 5.32 Å². The van der Waals surface area contributed by atoms with E-state index in [1.165, 1.54) is 64.2 Å². The SMILES string of the molecule is CCCCCCCCCCCCCCCCOC1OC(CO)C(OC2OC(CO)C(OC3OC(C)C(NC4C=C(CC)C(O)C(O)C4O)C(O)C3O)C(O)C2O)C(O)C1O. The fourth-order valence-corrected chi connectivity index (χ4v) is 8.61. The van der Waals surface area contributed by atoms with Gasteiger partial charge in [0.25, 0.3) is 0 Å². The van der Waals surface area contributed by atoms with Gasteiger partial charge in [0.15, 0.2) is 18.9 Å². The highest BCUT2D eigenvalue weighted by Gasteiger charge is 2.54. The van der Waals surface area contributed by atoms with E-state index in [1.54, 1.807) is 19.9 Å². The highest BCUT2D eigenvalue weighted by atomic mass is 16.8. The average Bonchev–Trinajstić information content (AvgIpc) is 3.24. The van der Waals surface area contributed by atoms with Crippen LogP contribution in [0.25, 0.3) is 0 Å². The molecule has 18 nitrogen and oxygen atoms in total. The largest absolute Gasteiger partial charge is 0.394 e. The maximum Gasteiger partial charge on any atom is 0.187 e. The van der Waals surface area contributed by atoms with Crippen LogP contribution in [0.3, 0.4) is 0 Å². The second kappa shape index (κ2) is 26.1. The molecule has 12 N–H and O–H groups in total. The summed E-state index contributed by atoms with van der Waals surface area (Å²) in [5, 5.41) is 121. The summed E-state index contributed by atoms with van der Waals surface area (Å²) < 4.78 is 34.7. The number of hydrogen-bond acceptors (Lipinski definition) is 18. The first-order valence-corrected chi connectivity index (χ1v) is 22.5. The van der Waals surface area contributed by atoms with Crippen molar-refractivity contribution in [1.29, 1.82) is 0 Å². The number of rotatable bonds is 25. The van der Waals surface area contributed by atoms with E-state index in [4.69, 9.17) is 28.4 Å². The zero-order chi connectivity index (χ0) is 43.9. The van der Waals surface area contributed by atoms with Gasteiger partial charge in [-0.2, -0.15) is 0 Å². The molecule has 3 fully saturated rings. The molecular formula is C42H77NO17. The molecule has 0 aromatic heterocycles. The number of aliphatic hydroxyl groups excluding tert-OH is 11. The minimum absolute atomic E-state index is 0.259. The van der Waals surface area contributed by atoms with Crippen molar-refractivity contribution in [2.75, 3.05) is 19.8 Å². The quantitative estimate of drug-likeness (QED) is 0.0401. The Bertz CT molecular complexity index is 1220. The molecule has 3 aliphatic heterocycles. The van der Waals surface area contributed by atoms with Crippen molar-refractivity contribution in [3.63, 3.8) is 0 Å². The lowest BCUT2D eigenvalue weighted by Crippen LogP contribution is -2.68. The van der Waals surface area contributed by atoms with E-state index in [0.717, 1.165) is 19.3 Å². The number of aliphatic hydroxyl groups is 11. The van der Waals surface area contributed by atoms with Gasteiger partial charge in [-0.3, -0.25) is 0 Å². The van der Waals surface area contributed by atoms with Crippen LogP contribution >= 0.6 is 0 Å². The molecule has 0 saturated carbocycles. The number of unbranched alkanes of at least 4 members (excludes halogenated alkanes) is 13. The summed E-state index contributed by atoms with van der Waals surface area (Å²) >= 11 is 0. The van der Waals surface area contributed by atoms with E-state index in [-0.39, 0.29) is 6.61 Å². The molecule has 3 heterocycles. The van der Waals surface area contributed by atoms with Crippen molar-refractivity contribution < 1.29 is 84.6 Å². The van der Waals surface area contributed by atoms with Crippen LogP contribution in [0, 0.1) is 0 Å². The summed E-state index contributed by atoms with van der Waals surface area (Å²) in [7, 11) is 0. The average molecular weight is 868 g/mol. The Hall–Kier alpha value is -0.980. The Labute approximate surface area is 354 Å². The van der Waals surface area contributed by atoms with Crippen LogP contribution in [0.2, 0.25) is 0 Å². The molecule has 0 spiro atoms. The van der Waals surface area contributed by atoms with E-state index < -0.39 is 130 Å². The monoisotopic (exact) mass is 868 g/mol. The summed E-state index contributed by atoms with van der Waals surface area (Å²) in [5.74, 6) is 0. The molecule has 60 heavy (non-hydrogen) atoms. The first-order valence-electron chi connectivity index (χ1n) is 22.5. The lowest BCUT2D eigenvalue weighted by molar-refractivity contribution is -0.376. The maximum atomic E-state index is 11.2. The van der Waals surface area contributed by atoms with E-state index in [0.29, 0.717) is 18.4 Å². The Balaban J connectivity index is 1.22. The highest BCUT2D eigenvalue weighted by molar-refractivity contribution is 5.21. The van der Waals surface area contributed by atoms with Crippen LogP contribution in [0.1, 0.15) is 117 Å². The summed E-state index contributed by atoms with van der Waals surface area (Å²) in [6.45, 7) is 4.35. The van der Waals surface area contributed by atoms with Crippen LogP contribution in [-0.4, -0.2) is 192 Å². The molecule has 0 bridgehead atoms. The molecule has 0 amide bonds. The molecule has 19 atom stereocenters. The second-order valence-electron chi connectivity index (χ2n) is 17.0. The molecule has 4 aliphatic rings. The highest BCUT2D eigenvalue weighted by Crippen LogP contribution is 2.33. The van der Waals surface area contributed by atoms with Crippen molar-refractivity contribution in [2.24, 2.45) is 0 Å². The van der Waals surface area contributed by atoms with Crippen molar-refractivity contribution in [3.05, 3.63) is 11.6 Å². The zero-order valence-electron chi connectivity index (χ0n) is 35.6. The van der Waals surface area contributed by atoms with Crippen LogP contribution in [0.4, 0.5) is 0 Å². The number of nitrogens with one attached hydrogen (secondary N) is 1. The molecule has 0 aromatic carbocycles. The van der Waals surface area contributed by atoms with Gasteiger partial charge in [-0.15, -0.1) is 0 Å². The van der Waals surface area contributed by atoms with Gasteiger partial charge >= 0.3 is 0 Å². The van der Waals surface area contributed by atoms with Crippen LogP contribution in [-0.2, 0) is 28.4 Å². The zero-order valence-corrected chi connectivity index (χ0v) is 35.6. The molecule has 3 saturated heterocycles. The van der Waals surface area contributed by atoms with Crippen molar-refractivity contribution >= 4 is 0 Å². The molecule has 352 valence electrons. The lowest BCUT2D eigenvalue weighted by Gasteiger charge is -2.49. The fraction of sp³-hybridized carbons (Fsp3) is 0.952. The molecule has 18 heteroatoms. The van der Waals surface area contributed by atoms with E-state index in [2.05, 4.69) is 12.2 Å². The Morgan fingerprint density at radius 3 is 1.48 bits per heavy atom. The van der Waals surface area contributed by atoms with E-state index in [9.17, 15) is 56.2 Å². The second-order valence-corrected chi connectivity index (χ2v) is 17.0. The summed E-state index contributed by atoms with van der Waals surface area (Å²) in [4.78, 5) is 0. The topological polar surface area (TPSA) is 290 Å². The first-order chi connectivity index (χ1) is 28.8. The van der Waals surface area contributed by atoms with Gasteiger partial charge in [0, 0.05) is 6.61 Å². The van der Waals surface area contributed by atoms with Crippen LogP contribution in [0.15, 0.2) is 11.6 Å². The van der Waals surface area contributed by atoms with Gasteiger partial charge < -0.3 is 89.9 Å². The minimum Gasteiger partial charge on any atom is -0.394 e. The Morgan fingerprint density at radius 2 is 0.983 bits per heavy atom. The van der Waals surface area contributed by atoms with Gasteiger partial charge in [-0.25, -0.2) is 0 Å². The summed E-state index contributed by atoms with van der Waals surface area (Å²) in [6.07, 6.45) is -6.92. The van der Waals surface area contributed by atoms with E-state index >= 15 is 0 Å². The molecule has 0 radical (unpaired) electrons. The molecule has 0 aromatic rings. The number of hydrogen-bond donors (Lipinski definition) is 12. The van der Waals surface area contributed by atoms with E-state index in [1.807, 2.05) is 0 Å². The predicted octanol–water partition coefficient (Wildman–Crippen LogP) is -0.641. The number of ether oxygens (including phenoxy) is 6. The van der Waals surface area contributed by atoms with Gasteiger partial charge in [-0.05, 0) is 25.3 Å². The standard InChI is InChI=1S/C42H77NO17/c1-4-6-7-8-9-10-11-12-13-14-15-16-17-18-19-55-40-36(53)33(50)38(26(21-44)57-40)60-42-37(54)34(51)39(27(22-45)58-42)59-41-35(52)31(48)28(23(3)56-41)43-25-20-24(5-2)29(46)32(49)30(25)47/h20,23,25-54H,4-19,21-22H2,1-3H3. The van der Waals surface area contributed by atoms with Gasteiger partial charge in [0.1, 0.15) is 79.4 Å². The maximum absolute atomic E-state index is 11.2. The smallest absolute Gasteiger partial charge is 0.187 e. The van der Waals surface area contributed by atoms with Crippen molar-refractivity contribution in [2.45, 2.75) is 233 Å². The third-order valence-electron chi connectivity index (χ3n) is 12.5. The predicted molar refractivity (Wildman–Crippen MR) is 215 cm³/mol. The van der Waals surface area contributed by atoms with Gasteiger partial charge in [0.2, 0.25) is 0 Å². The summed E-state index contributed by atoms with van der Waals surface area (Å²) in [5.41, 5.74) is 0.477. The molecular weight excluding hydrogens is 790 g/mol. The molecule has 1 aliphatic carbocycles. The van der Waals surface area contributed by atoms with Crippen molar-refractivity contribution in [3.8, 4) is 0 Å². The fourth-order valence-electron chi connectivity index (χ4n) is 8.61. The summed E-state index contributed by atoms with van der Waals surface area (Å²) in [6, 6.07) is -1.92. The normalized spacial score (nSPS) is 41.4. The third-order valence-corrected chi connectivity index (χ3v) is 12.5. The van der Waals surface area contributed by atoms with Gasteiger partial charge in [-0.1, -0.05) is 103 Å².